The van der Waals surface area contributed by atoms with E-state index in [0.29, 0.717) is 11.5 Å². The molecule has 100 valence electrons. The molecule has 0 saturated carbocycles. The number of hydrogen-bond acceptors (Lipinski definition) is 4. The Morgan fingerprint density at radius 2 is 2.21 bits per heavy atom. The SMILES string of the molecule is COCCc1ccccc1NC(=O)c1cc(S)cs1. The van der Waals surface area contributed by atoms with Gasteiger partial charge in [-0.05, 0) is 24.1 Å². The van der Waals surface area contributed by atoms with Crippen molar-refractivity contribution in [3.8, 4) is 0 Å². The molecule has 19 heavy (non-hydrogen) atoms. The maximum Gasteiger partial charge on any atom is 0.265 e. The number of nitrogens with one attached hydrogen (secondary N) is 1. The third-order valence-corrected chi connectivity index (χ3v) is 4.01. The summed E-state index contributed by atoms with van der Waals surface area (Å²) in [5.74, 6) is -0.102. The van der Waals surface area contributed by atoms with Crippen LogP contribution in [0.2, 0.25) is 0 Å². The molecule has 2 aromatic rings. The summed E-state index contributed by atoms with van der Waals surface area (Å²) in [6.07, 6.45) is 0.773. The Bertz CT molecular complexity index is 566. The number of carbonyl (C=O) groups excluding carboxylic acids is 1. The van der Waals surface area contributed by atoms with E-state index in [-0.39, 0.29) is 5.91 Å². The van der Waals surface area contributed by atoms with Gasteiger partial charge in [-0.2, -0.15) is 0 Å². The maximum absolute atomic E-state index is 12.1. The molecule has 2 rings (SSSR count). The van der Waals surface area contributed by atoms with Crippen LogP contribution in [0.3, 0.4) is 0 Å². The molecule has 1 heterocycles. The van der Waals surface area contributed by atoms with Crippen molar-refractivity contribution in [3.63, 3.8) is 0 Å². The summed E-state index contributed by atoms with van der Waals surface area (Å²) in [5, 5.41) is 4.77. The molecule has 0 radical (unpaired) electrons. The van der Waals surface area contributed by atoms with Gasteiger partial charge in [0.15, 0.2) is 0 Å². The van der Waals surface area contributed by atoms with Gasteiger partial charge in [-0.1, -0.05) is 18.2 Å². The minimum Gasteiger partial charge on any atom is -0.384 e. The van der Waals surface area contributed by atoms with Crippen molar-refractivity contribution in [1.82, 2.24) is 0 Å². The van der Waals surface area contributed by atoms with Crippen LogP contribution in [0.15, 0.2) is 40.6 Å². The minimum absolute atomic E-state index is 0.102. The highest BCUT2D eigenvalue weighted by Gasteiger charge is 2.10. The summed E-state index contributed by atoms with van der Waals surface area (Å²) in [6, 6.07) is 9.52. The van der Waals surface area contributed by atoms with E-state index in [1.54, 1.807) is 13.2 Å². The molecule has 0 aliphatic carbocycles. The van der Waals surface area contributed by atoms with E-state index < -0.39 is 0 Å². The monoisotopic (exact) mass is 293 g/mol. The Balaban J connectivity index is 2.12. The predicted octanol–water partition coefficient (Wildman–Crippen LogP) is 3.48. The quantitative estimate of drug-likeness (QED) is 0.828. The zero-order valence-electron chi connectivity index (χ0n) is 10.6. The van der Waals surface area contributed by atoms with Gasteiger partial charge in [0.05, 0.1) is 11.5 Å². The van der Waals surface area contributed by atoms with Gasteiger partial charge in [0.2, 0.25) is 0 Å². The lowest BCUT2D eigenvalue weighted by Crippen LogP contribution is -2.12. The van der Waals surface area contributed by atoms with Crippen molar-refractivity contribution in [2.45, 2.75) is 11.3 Å². The number of benzene rings is 1. The fourth-order valence-electron chi connectivity index (χ4n) is 1.70. The average molecular weight is 293 g/mol. The Kier molecular flexibility index (Phi) is 5.01. The number of thiol groups is 1. The smallest absolute Gasteiger partial charge is 0.265 e. The molecule has 1 N–H and O–H groups in total. The van der Waals surface area contributed by atoms with Crippen LogP contribution >= 0.6 is 24.0 Å². The van der Waals surface area contributed by atoms with E-state index in [2.05, 4.69) is 17.9 Å². The second-order valence-electron chi connectivity index (χ2n) is 4.02. The Hall–Kier alpha value is -1.30. The first kappa shape index (κ1) is 14.1. The van der Waals surface area contributed by atoms with Gasteiger partial charge in [0.1, 0.15) is 0 Å². The van der Waals surface area contributed by atoms with E-state index in [0.717, 1.165) is 22.6 Å². The molecular weight excluding hydrogens is 278 g/mol. The number of rotatable bonds is 5. The number of ether oxygens (including phenoxy) is 1. The molecule has 1 amide bonds. The minimum atomic E-state index is -0.102. The molecule has 1 aromatic carbocycles. The molecule has 0 bridgehead atoms. The van der Waals surface area contributed by atoms with Crippen molar-refractivity contribution in [2.24, 2.45) is 0 Å². The Morgan fingerprint density at radius 1 is 1.42 bits per heavy atom. The fourth-order valence-corrected chi connectivity index (χ4v) is 2.74. The molecule has 0 atom stereocenters. The second kappa shape index (κ2) is 6.75. The third kappa shape index (κ3) is 3.83. The van der Waals surface area contributed by atoms with Gasteiger partial charge in [-0.3, -0.25) is 4.79 Å². The first-order valence-electron chi connectivity index (χ1n) is 5.86. The van der Waals surface area contributed by atoms with Gasteiger partial charge in [-0.25, -0.2) is 0 Å². The van der Waals surface area contributed by atoms with Crippen molar-refractivity contribution in [2.75, 3.05) is 19.0 Å². The van der Waals surface area contributed by atoms with E-state index >= 15 is 0 Å². The number of hydrogen-bond donors (Lipinski definition) is 2. The lowest BCUT2D eigenvalue weighted by Gasteiger charge is -2.10. The molecule has 0 spiro atoms. The van der Waals surface area contributed by atoms with Crippen LogP contribution in [0.4, 0.5) is 5.69 Å². The molecule has 1 aromatic heterocycles. The molecular formula is C14H15NO2S2. The number of methoxy groups -OCH3 is 1. The van der Waals surface area contributed by atoms with Gasteiger partial charge < -0.3 is 10.1 Å². The van der Waals surface area contributed by atoms with Crippen LogP contribution < -0.4 is 5.32 Å². The number of para-hydroxylation sites is 1. The second-order valence-corrected chi connectivity index (χ2v) is 5.45. The highest BCUT2D eigenvalue weighted by Crippen LogP contribution is 2.21. The van der Waals surface area contributed by atoms with Crippen LogP contribution in [-0.2, 0) is 11.2 Å². The van der Waals surface area contributed by atoms with Crippen molar-refractivity contribution >= 4 is 35.6 Å². The summed E-state index contributed by atoms with van der Waals surface area (Å²) in [6.45, 7) is 0.632. The van der Waals surface area contributed by atoms with Gasteiger partial charge in [0, 0.05) is 23.1 Å². The summed E-state index contributed by atoms with van der Waals surface area (Å²) >= 11 is 5.59. The average Bonchev–Trinajstić information content (AvgIpc) is 2.84. The van der Waals surface area contributed by atoms with Crippen LogP contribution in [0.5, 0.6) is 0 Å². The zero-order chi connectivity index (χ0) is 13.7. The number of thiophene rings is 1. The summed E-state index contributed by atoms with van der Waals surface area (Å²) in [4.78, 5) is 13.6. The van der Waals surface area contributed by atoms with E-state index in [9.17, 15) is 4.79 Å². The summed E-state index contributed by atoms with van der Waals surface area (Å²) < 4.78 is 5.07. The fraction of sp³-hybridized carbons (Fsp3) is 0.214. The van der Waals surface area contributed by atoms with Crippen molar-refractivity contribution in [3.05, 3.63) is 46.2 Å². The van der Waals surface area contributed by atoms with Crippen LogP contribution in [0, 0.1) is 0 Å². The zero-order valence-corrected chi connectivity index (χ0v) is 12.3. The number of anilines is 1. The van der Waals surface area contributed by atoms with Crippen molar-refractivity contribution < 1.29 is 9.53 Å². The highest BCUT2D eigenvalue weighted by molar-refractivity contribution is 7.80. The first-order chi connectivity index (χ1) is 9.20. The molecule has 0 aliphatic rings. The number of amides is 1. The molecule has 5 heteroatoms. The Morgan fingerprint density at radius 3 is 2.89 bits per heavy atom. The van der Waals surface area contributed by atoms with Gasteiger partial charge >= 0.3 is 0 Å². The summed E-state index contributed by atoms with van der Waals surface area (Å²) in [5.41, 5.74) is 1.90. The van der Waals surface area contributed by atoms with Gasteiger partial charge in [0.25, 0.3) is 5.91 Å². The standard InChI is InChI=1S/C14H15NO2S2/c1-17-7-6-10-4-2-3-5-12(10)15-14(16)13-8-11(18)9-19-13/h2-5,8-9,18H,6-7H2,1H3,(H,15,16). The molecule has 0 aliphatic heterocycles. The maximum atomic E-state index is 12.1. The van der Waals surface area contributed by atoms with Crippen LogP contribution in [0.1, 0.15) is 15.2 Å². The Labute approximate surface area is 122 Å². The number of carbonyl (C=O) groups is 1. The highest BCUT2D eigenvalue weighted by atomic mass is 32.1. The van der Waals surface area contributed by atoms with Crippen molar-refractivity contribution in [1.29, 1.82) is 0 Å². The van der Waals surface area contributed by atoms with E-state index in [1.165, 1.54) is 11.3 Å². The largest absolute Gasteiger partial charge is 0.384 e. The normalized spacial score (nSPS) is 10.4. The first-order valence-corrected chi connectivity index (χ1v) is 7.19. The molecule has 0 unspecified atom stereocenters. The van der Waals surface area contributed by atoms with Crippen LogP contribution in [0.25, 0.3) is 0 Å². The molecule has 0 fully saturated rings. The van der Waals surface area contributed by atoms with E-state index in [4.69, 9.17) is 4.74 Å². The lowest BCUT2D eigenvalue weighted by molar-refractivity contribution is 0.103. The molecule has 0 saturated heterocycles. The summed E-state index contributed by atoms with van der Waals surface area (Å²) in [7, 11) is 1.67. The predicted molar refractivity (Wildman–Crippen MR) is 81.5 cm³/mol. The van der Waals surface area contributed by atoms with E-state index in [1.807, 2.05) is 29.6 Å². The lowest BCUT2D eigenvalue weighted by atomic mass is 10.1. The topological polar surface area (TPSA) is 38.3 Å². The van der Waals surface area contributed by atoms with Gasteiger partial charge in [-0.15, -0.1) is 24.0 Å². The third-order valence-electron chi connectivity index (χ3n) is 2.65. The van der Waals surface area contributed by atoms with Crippen LogP contribution in [-0.4, -0.2) is 19.6 Å². The molecule has 3 nitrogen and oxygen atoms in total.